The Morgan fingerprint density at radius 3 is 2.61 bits per heavy atom. The fourth-order valence-corrected chi connectivity index (χ4v) is 1.38. The number of nitrogens with zero attached hydrogens (tertiary/aromatic N) is 5. The Hall–Kier alpha value is -2.84. The molecule has 0 saturated heterocycles. The van der Waals surface area contributed by atoms with E-state index in [-0.39, 0.29) is 18.1 Å². The largest absolute Gasteiger partial charge is 0.480 e. The first-order valence-electron chi connectivity index (χ1n) is 4.80. The lowest BCUT2D eigenvalue weighted by molar-refractivity contribution is -0.384. The summed E-state index contributed by atoms with van der Waals surface area (Å²) >= 11 is 0. The van der Waals surface area contributed by atoms with E-state index in [9.17, 15) is 14.9 Å². The van der Waals surface area contributed by atoms with E-state index in [1.807, 2.05) is 0 Å². The average molecular weight is 249 g/mol. The smallest absolute Gasteiger partial charge is 0.325 e. The normalized spacial score (nSPS) is 10.2. The van der Waals surface area contributed by atoms with Crippen molar-refractivity contribution in [3.63, 3.8) is 0 Å². The van der Waals surface area contributed by atoms with Gasteiger partial charge in [-0.05, 0) is 22.6 Å². The zero-order valence-corrected chi connectivity index (χ0v) is 8.92. The van der Waals surface area contributed by atoms with Crippen LogP contribution in [-0.4, -0.2) is 36.2 Å². The van der Waals surface area contributed by atoms with Crippen LogP contribution in [0.5, 0.6) is 0 Å². The first-order chi connectivity index (χ1) is 8.58. The third-order valence-electron chi connectivity index (χ3n) is 2.15. The molecule has 92 valence electrons. The van der Waals surface area contributed by atoms with Gasteiger partial charge >= 0.3 is 5.97 Å². The summed E-state index contributed by atoms with van der Waals surface area (Å²) in [7, 11) is 0. The van der Waals surface area contributed by atoms with Crippen LogP contribution in [0.2, 0.25) is 0 Å². The van der Waals surface area contributed by atoms with Gasteiger partial charge in [0.1, 0.15) is 6.54 Å². The summed E-state index contributed by atoms with van der Waals surface area (Å²) in [5, 5.41) is 29.7. The number of rotatable bonds is 4. The molecular weight excluding hydrogens is 242 g/mol. The summed E-state index contributed by atoms with van der Waals surface area (Å²) in [6.07, 6.45) is 0. The highest BCUT2D eigenvalue weighted by molar-refractivity contribution is 5.67. The van der Waals surface area contributed by atoms with E-state index in [0.717, 1.165) is 4.68 Å². The van der Waals surface area contributed by atoms with Crippen molar-refractivity contribution in [3.05, 3.63) is 34.4 Å². The molecule has 9 heteroatoms. The number of aromatic nitrogens is 4. The molecule has 18 heavy (non-hydrogen) atoms. The van der Waals surface area contributed by atoms with Crippen LogP contribution in [0.15, 0.2) is 24.3 Å². The lowest BCUT2D eigenvalue weighted by Crippen LogP contribution is -2.11. The van der Waals surface area contributed by atoms with Crippen molar-refractivity contribution in [1.29, 1.82) is 0 Å². The zero-order chi connectivity index (χ0) is 13.1. The van der Waals surface area contributed by atoms with E-state index in [1.165, 1.54) is 24.3 Å². The van der Waals surface area contributed by atoms with Crippen molar-refractivity contribution >= 4 is 11.7 Å². The van der Waals surface area contributed by atoms with Crippen LogP contribution in [0.4, 0.5) is 5.69 Å². The van der Waals surface area contributed by atoms with Gasteiger partial charge in [-0.15, -0.1) is 5.10 Å². The van der Waals surface area contributed by atoms with Gasteiger partial charge in [-0.2, -0.15) is 0 Å². The number of non-ortho nitro benzene ring substituents is 1. The highest BCUT2D eigenvalue weighted by Gasteiger charge is 2.13. The molecule has 0 aliphatic carbocycles. The van der Waals surface area contributed by atoms with Crippen molar-refractivity contribution in [2.75, 3.05) is 0 Å². The number of nitro benzene ring substituents is 1. The van der Waals surface area contributed by atoms with Crippen molar-refractivity contribution in [2.24, 2.45) is 0 Å². The standard InChI is InChI=1S/C9H7N5O4/c15-8(16)5-13-9(10-11-12-13)6-1-3-7(4-2-6)14(17)18/h1-4H,5H2,(H,15,16). The summed E-state index contributed by atoms with van der Waals surface area (Å²) < 4.78 is 1.10. The Balaban J connectivity index is 2.34. The second kappa shape index (κ2) is 4.57. The van der Waals surface area contributed by atoms with Crippen molar-refractivity contribution in [3.8, 4) is 11.4 Å². The first-order valence-corrected chi connectivity index (χ1v) is 4.80. The second-order valence-corrected chi connectivity index (χ2v) is 3.36. The first kappa shape index (κ1) is 11.6. The number of hydrogen-bond acceptors (Lipinski definition) is 6. The summed E-state index contributed by atoms with van der Waals surface area (Å²) in [5.74, 6) is -0.835. The Bertz CT molecular complexity index is 591. The molecule has 2 rings (SSSR count). The van der Waals surface area contributed by atoms with E-state index in [0.29, 0.717) is 5.56 Å². The van der Waals surface area contributed by atoms with Crippen LogP contribution in [0, 0.1) is 10.1 Å². The second-order valence-electron chi connectivity index (χ2n) is 3.36. The Labute approximate surface area is 99.8 Å². The Morgan fingerprint density at radius 1 is 1.39 bits per heavy atom. The van der Waals surface area contributed by atoms with Crippen LogP contribution in [0.1, 0.15) is 0 Å². The van der Waals surface area contributed by atoms with E-state index >= 15 is 0 Å². The molecule has 1 N–H and O–H groups in total. The molecule has 1 aromatic carbocycles. The van der Waals surface area contributed by atoms with Gasteiger partial charge in [-0.1, -0.05) is 0 Å². The minimum Gasteiger partial charge on any atom is -0.480 e. The predicted octanol–water partition coefficient (Wildman–Crippen LogP) is 0.333. The Kier molecular flexibility index (Phi) is 2.96. The van der Waals surface area contributed by atoms with Gasteiger partial charge in [0.05, 0.1) is 4.92 Å². The molecule has 1 aromatic heterocycles. The van der Waals surface area contributed by atoms with E-state index in [2.05, 4.69) is 15.5 Å². The highest BCUT2D eigenvalue weighted by atomic mass is 16.6. The van der Waals surface area contributed by atoms with Crippen LogP contribution >= 0.6 is 0 Å². The zero-order valence-electron chi connectivity index (χ0n) is 8.92. The topological polar surface area (TPSA) is 124 Å². The van der Waals surface area contributed by atoms with Crippen LogP contribution in [-0.2, 0) is 11.3 Å². The fraction of sp³-hybridized carbons (Fsp3) is 0.111. The highest BCUT2D eigenvalue weighted by Crippen LogP contribution is 2.19. The molecular formula is C9H7N5O4. The van der Waals surface area contributed by atoms with E-state index in [1.54, 1.807) is 0 Å². The van der Waals surface area contributed by atoms with Gasteiger partial charge in [-0.3, -0.25) is 14.9 Å². The van der Waals surface area contributed by atoms with Crippen molar-refractivity contribution in [1.82, 2.24) is 20.2 Å². The molecule has 1 heterocycles. The van der Waals surface area contributed by atoms with E-state index in [4.69, 9.17) is 5.11 Å². The molecule has 0 radical (unpaired) electrons. The molecule has 0 amide bonds. The summed E-state index contributed by atoms with van der Waals surface area (Å²) in [6, 6.07) is 5.52. The summed E-state index contributed by atoms with van der Waals surface area (Å²) in [4.78, 5) is 20.6. The lowest BCUT2D eigenvalue weighted by Gasteiger charge is -2.01. The molecule has 9 nitrogen and oxygen atoms in total. The van der Waals surface area contributed by atoms with Crippen LogP contribution < -0.4 is 0 Å². The predicted molar refractivity (Wildman–Crippen MR) is 57.5 cm³/mol. The summed E-state index contributed by atoms with van der Waals surface area (Å²) in [5.41, 5.74) is 0.447. The third kappa shape index (κ3) is 2.29. The van der Waals surface area contributed by atoms with Gasteiger partial charge in [0.25, 0.3) is 5.69 Å². The van der Waals surface area contributed by atoms with E-state index < -0.39 is 10.9 Å². The number of carboxylic acid groups (broad SMARTS) is 1. The molecule has 0 saturated carbocycles. The fourth-order valence-electron chi connectivity index (χ4n) is 1.38. The maximum Gasteiger partial charge on any atom is 0.325 e. The molecule has 0 fully saturated rings. The van der Waals surface area contributed by atoms with Crippen molar-refractivity contribution in [2.45, 2.75) is 6.54 Å². The number of carboxylic acids is 1. The van der Waals surface area contributed by atoms with Gasteiger partial charge in [0.2, 0.25) is 0 Å². The third-order valence-corrected chi connectivity index (χ3v) is 2.15. The average Bonchev–Trinajstić information content (AvgIpc) is 2.76. The number of carbonyl (C=O) groups is 1. The Morgan fingerprint density at radius 2 is 2.06 bits per heavy atom. The number of hydrogen-bond donors (Lipinski definition) is 1. The monoisotopic (exact) mass is 249 g/mol. The van der Waals surface area contributed by atoms with Gasteiger partial charge in [0, 0.05) is 17.7 Å². The molecule has 0 spiro atoms. The quantitative estimate of drug-likeness (QED) is 0.611. The maximum absolute atomic E-state index is 10.6. The SMILES string of the molecule is O=C(O)Cn1nnnc1-c1ccc([N+](=O)[O-])cc1. The van der Waals surface area contributed by atoms with Gasteiger partial charge in [-0.25, -0.2) is 4.68 Å². The van der Waals surface area contributed by atoms with Crippen LogP contribution in [0.25, 0.3) is 11.4 Å². The molecule has 0 atom stereocenters. The van der Waals surface area contributed by atoms with Gasteiger partial charge in [0.15, 0.2) is 5.82 Å². The number of tetrazole rings is 1. The molecule has 0 aliphatic rings. The molecule has 2 aromatic rings. The summed E-state index contributed by atoms with van der Waals surface area (Å²) in [6.45, 7) is -0.376. The molecule has 0 unspecified atom stereocenters. The molecule has 0 aliphatic heterocycles. The van der Waals surface area contributed by atoms with Crippen LogP contribution in [0.3, 0.4) is 0 Å². The lowest BCUT2D eigenvalue weighted by atomic mass is 10.2. The molecule has 0 bridgehead atoms. The minimum absolute atomic E-state index is 0.0593. The number of nitro groups is 1. The van der Waals surface area contributed by atoms with Crippen molar-refractivity contribution < 1.29 is 14.8 Å². The minimum atomic E-state index is -1.08. The maximum atomic E-state index is 10.6. The number of aliphatic carboxylic acids is 1. The van der Waals surface area contributed by atoms with Gasteiger partial charge < -0.3 is 5.11 Å². The number of benzene rings is 1.